The Morgan fingerprint density at radius 2 is 1.94 bits per heavy atom. The molecule has 0 aliphatic heterocycles. The third kappa shape index (κ3) is 2.28. The molecule has 1 aromatic heterocycles. The number of benzene rings is 1. The summed E-state index contributed by atoms with van der Waals surface area (Å²) in [7, 11) is 3.25. The lowest BCUT2D eigenvalue weighted by Gasteiger charge is -2.16. The summed E-state index contributed by atoms with van der Waals surface area (Å²) in [5, 5.41) is 2.02. The molecule has 2 aromatic rings. The van der Waals surface area contributed by atoms with E-state index in [2.05, 4.69) is 0 Å². The molecule has 2 rings (SSSR count). The van der Waals surface area contributed by atoms with E-state index in [1.54, 1.807) is 25.6 Å². The zero-order chi connectivity index (χ0) is 12.3. The summed E-state index contributed by atoms with van der Waals surface area (Å²) in [4.78, 5) is 1.11. The Labute approximate surface area is 105 Å². The molecular formula is C13H15NO2S. The second-order valence-electron chi connectivity index (χ2n) is 3.58. The van der Waals surface area contributed by atoms with Crippen molar-refractivity contribution >= 4 is 11.3 Å². The molecule has 0 fully saturated rings. The maximum atomic E-state index is 6.24. The number of methoxy groups -OCH3 is 2. The van der Waals surface area contributed by atoms with Crippen molar-refractivity contribution in [3.8, 4) is 11.5 Å². The van der Waals surface area contributed by atoms with Gasteiger partial charge in [-0.2, -0.15) is 0 Å². The maximum absolute atomic E-state index is 6.24. The highest BCUT2D eigenvalue weighted by atomic mass is 32.1. The molecule has 1 heterocycles. The number of nitrogens with two attached hydrogens (primary N) is 1. The molecule has 0 aliphatic rings. The van der Waals surface area contributed by atoms with E-state index in [-0.39, 0.29) is 6.04 Å². The van der Waals surface area contributed by atoms with Crippen LogP contribution < -0.4 is 15.2 Å². The molecule has 0 bridgehead atoms. The van der Waals surface area contributed by atoms with Gasteiger partial charge in [0.25, 0.3) is 0 Å². The minimum atomic E-state index is -0.181. The van der Waals surface area contributed by atoms with Gasteiger partial charge in [-0.05, 0) is 17.5 Å². The number of thiophene rings is 1. The Morgan fingerprint density at radius 3 is 2.53 bits per heavy atom. The van der Waals surface area contributed by atoms with Crippen LogP contribution in [-0.4, -0.2) is 14.2 Å². The van der Waals surface area contributed by atoms with Crippen LogP contribution in [0.3, 0.4) is 0 Å². The molecule has 3 nitrogen and oxygen atoms in total. The molecule has 0 saturated carbocycles. The minimum Gasteiger partial charge on any atom is -0.493 e. The van der Waals surface area contributed by atoms with Crippen LogP contribution in [-0.2, 0) is 0 Å². The van der Waals surface area contributed by atoms with E-state index in [0.29, 0.717) is 11.5 Å². The van der Waals surface area contributed by atoms with E-state index in [1.165, 1.54) is 0 Å². The Kier molecular flexibility index (Phi) is 3.66. The quantitative estimate of drug-likeness (QED) is 0.906. The highest BCUT2D eigenvalue weighted by Crippen LogP contribution is 2.36. The lowest BCUT2D eigenvalue weighted by atomic mass is 10.0. The van der Waals surface area contributed by atoms with Crippen LogP contribution in [0.2, 0.25) is 0 Å². The van der Waals surface area contributed by atoms with Crippen LogP contribution in [0.15, 0.2) is 35.7 Å². The highest BCUT2D eigenvalue weighted by Gasteiger charge is 2.17. The Morgan fingerprint density at radius 1 is 1.12 bits per heavy atom. The van der Waals surface area contributed by atoms with Crippen LogP contribution in [0.1, 0.15) is 16.5 Å². The van der Waals surface area contributed by atoms with Crippen LogP contribution in [0, 0.1) is 0 Å². The van der Waals surface area contributed by atoms with Crippen LogP contribution >= 0.6 is 11.3 Å². The summed E-state index contributed by atoms with van der Waals surface area (Å²) in [5.74, 6) is 1.41. The fourth-order valence-corrected chi connectivity index (χ4v) is 2.52. The van der Waals surface area contributed by atoms with Gasteiger partial charge in [-0.1, -0.05) is 18.2 Å². The molecule has 0 spiro atoms. The lowest BCUT2D eigenvalue weighted by Crippen LogP contribution is -2.12. The second kappa shape index (κ2) is 5.21. The standard InChI is InChI=1S/C13H15NO2S/c1-15-10-6-3-5-9(13(10)16-2)12(14)11-7-4-8-17-11/h3-8,12H,14H2,1-2H3/t12-/m0/s1. The Bertz CT molecular complexity index is 482. The number of ether oxygens (including phenoxy) is 2. The fraction of sp³-hybridized carbons (Fsp3) is 0.231. The molecule has 90 valence electrons. The topological polar surface area (TPSA) is 44.5 Å². The van der Waals surface area contributed by atoms with Gasteiger partial charge in [-0.15, -0.1) is 11.3 Å². The third-order valence-corrected chi connectivity index (χ3v) is 3.57. The largest absolute Gasteiger partial charge is 0.493 e. The molecule has 0 radical (unpaired) electrons. The summed E-state index contributed by atoms with van der Waals surface area (Å²) < 4.78 is 10.7. The van der Waals surface area contributed by atoms with Crippen molar-refractivity contribution in [3.05, 3.63) is 46.2 Å². The minimum absolute atomic E-state index is 0.181. The average molecular weight is 249 g/mol. The summed E-state index contributed by atoms with van der Waals surface area (Å²) in [5.41, 5.74) is 7.17. The molecule has 4 heteroatoms. The first-order chi connectivity index (χ1) is 8.27. The third-order valence-electron chi connectivity index (χ3n) is 2.62. The van der Waals surface area contributed by atoms with Gasteiger partial charge in [0.2, 0.25) is 0 Å². The van der Waals surface area contributed by atoms with E-state index in [4.69, 9.17) is 15.2 Å². The van der Waals surface area contributed by atoms with Gasteiger partial charge in [-0.3, -0.25) is 0 Å². The van der Waals surface area contributed by atoms with E-state index >= 15 is 0 Å². The molecule has 0 unspecified atom stereocenters. The van der Waals surface area contributed by atoms with Gasteiger partial charge in [0.1, 0.15) is 0 Å². The van der Waals surface area contributed by atoms with Crippen LogP contribution in [0.5, 0.6) is 11.5 Å². The van der Waals surface area contributed by atoms with Crippen molar-refractivity contribution in [3.63, 3.8) is 0 Å². The smallest absolute Gasteiger partial charge is 0.165 e. The van der Waals surface area contributed by atoms with Crippen molar-refractivity contribution in [2.45, 2.75) is 6.04 Å². The molecule has 0 amide bonds. The molecule has 0 aliphatic carbocycles. The molecule has 2 N–H and O–H groups in total. The number of rotatable bonds is 4. The molecule has 17 heavy (non-hydrogen) atoms. The SMILES string of the molecule is COc1cccc([C@H](N)c2cccs2)c1OC. The van der Waals surface area contributed by atoms with E-state index < -0.39 is 0 Å². The zero-order valence-electron chi connectivity index (χ0n) is 9.84. The molecule has 0 saturated heterocycles. The van der Waals surface area contributed by atoms with Crippen molar-refractivity contribution in [1.82, 2.24) is 0 Å². The van der Waals surface area contributed by atoms with Crippen LogP contribution in [0.4, 0.5) is 0 Å². The lowest BCUT2D eigenvalue weighted by molar-refractivity contribution is 0.350. The van der Waals surface area contributed by atoms with Gasteiger partial charge >= 0.3 is 0 Å². The predicted molar refractivity (Wildman–Crippen MR) is 69.9 cm³/mol. The van der Waals surface area contributed by atoms with Crippen molar-refractivity contribution in [1.29, 1.82) is 0 Å². The second-order valence-corrected chi connectivity index (χ2v) is 4.56. The maximum Gasteiger partial charge on any atom is 0.165 e. The van der Waals surface area contributed by atoms with Gasteiger partial charge in [0, 0.05) is 10.4 Å². The summed E-state index contributed by atoms with van der Waals surface area (Å²) in [6, 6.07) is 9.58. The van der Waals surface area contributed by atoms with Gasteiger partial charge in [0.05, 0.1) is 20.3 Å². The van der Waals surface area contributed by atoms with E-state index in [0.717, 1.165) is 10.4 Å². The molecule has 1 aromatic carbocycles. The molecular weight excluding hydrogens is 234 g/mol. The fourth-order valence-electron chi connectivity index (χ4n) is 1.78. The first-order valence-corrected chi connectivity index (χ1v) is 6.15. The normalized spacial score (nSPS) is 12.2. The monoisotopic (exact) mass is 249 g/mol. The van der Waals surface area contributed by atoms with E-state index in [1.807, 2.05) is 35.7 Å². The first kappa shape index (κ1) is 12.0. The Balaban J connectivity index is 2.44. The predicted octanol–water partition coefficient (Wildman–Crippen LogP) is 2.81. The number of para-hydroxylation sites is 1. The summed E-state index contributed by atoms with van der Waals surface area (Å²) in [6.07, 6.45) is 0. The summed E-state index contributed by atoms with van der Waals surface area (Å²) in [6.45, 7) is 0. The summed E-state index contributed by atoms with van der Waals surface area (Å²) >= 11 is 1.64. The highest BCUT2D eigenvalue weighted by molar-refractivity contribution is 7.10. The average Bonchev–Trinajstić information content (AvgIpc) is 2.90. The van der Waals surface area contributed by atoms with Crippen molar-refractivity contribution in [2.24, 2.45) is 5.73 Å². The van der Waals surface area contributed by atoms with E-state index in [9.17, 15) is 0 Å². The van der Waals surface area contributed by atoms with Crippen LogP contribution in [0.25, 0.3) is 0 Å². The van der Waals surface area contributed by atoms with Crippen molar-refractivity contribution in [2.75, 3.05) is 14.2 Å². The van der Waals surface area contributed by atoms with Crippen molar-refractivity contribution < 1.29 is 9.47 Å². The Hall–Kier alpha value is -1.52. The zero-order valence-corrected chi connectivity index (χ0v) is 10.7. The van der Waals surface area contributed by atoms with Gasteiger partial charge < -0.3 is 15.2 Å². The first-order valence-electron chi connectivity index (χ1n) is 5.27. The van der Waals surface area contributed by atoms with Gasteiger partial charge in [-0.25, -0.2) is 0 Å². The molecule has 1 atom stereocenters. The number of hydrogen-bond acceptors (Lipinski definition) is 4. The van der Waals surface area contributed by atoms with Gasteiger partial charge in [0.15, 0.2) is 11.5 Å². The number of hydrogen-bond donors (Lipinski definition) is 1.